The zero-order chi connectivity index (χ0) is 24.4. The molecule has 0 saturated carbocycles. The summed E-state index contributed by atoms with van der Waals surface area (Å²) in [5.41, 5.74) is 2.05. The van der Waals surface area contributed by atoms with Crippen LogP contribution in [0.1, 0.15) is 10.4 Å². The van der Waals surface area contributed by atoms with Gasteiger partial charge in [-0.15, -0.1) is 11.3 Å². The van der Waals surface area contributed by atoms with Gasteiger partial charge in [0.25, 0.3) is 15.9 Å². The molecule has 2 N–H and O–H groups in total. The fourth-order valence-corrected chi connectivity index (χ4v) is 5.28. The second-order valence-corrected chi connectivity index (χ2v) is 10.5. The van der Waals surface area contributed by atoms with E-state index in [9.17, 15) is 13.2 Å². The summed E-state index contributed by atoms with van der Waals surface area (Å²) in [6.45, 7) is 1.01. The maximum atomic E-state index is 12.8. The highest BCUT2D eigenvalue weighted by Gasteiger charge is 2.17. The summed E-state index contributed by atoms with van der Waals surface area (Å²) in [4.78, 5) is 17.4. The Morgan fingerprint density at radius 2 is 1.74 bits per heavy atom. The van der Waals surface area contributed by atoms with Crippen molar-refractivity contribution in [2.45, 2.75) is 4.90 Å². The van der Waals surface area contributed by atoms with Gasteiger partial charge in [-0.3, -0.25) is 14.8 Å². The van der Waals surface area contributed by atoms with E-state index in [0.29, 0.717) is 40.6 Å². The first-order valence-electron chi connectivity index (χ1n) is 10.4. The number of nitrogens with one attached hydrogen (secondary N) is 2. The third-order valence-corrected chi connectivity index (χ3v) is 7.47. The first kappa shape index (κ1) is 23.2. The Hall–Kier alpha value is -3.60. The van der Waals surface area contributed by atoms with E-state index in [4.69, 9.17) is 21.1 Å². The molecule has 11 heteroatoms. The van der Waals surface area contributed by atoms with Crippen LogP contribution in [-0.4, -0.2) is 32.5 Å². The molecule has 0 fully saturated rings. The van der Waals surface area contributed by atoms with Crippen LogP contribution in [0.5, 0.6) is 11.5 Å². The van der Waals surface area contributed by atoms with E-state index in [2.05, 4.69) is 15.0 Å². The summed E-state index contributed by atoms with van der Waals surface area (Å²) >= 11 is 7.11. The van der Waals surface area contributed by atoms with E-state index in [1.807, 2.05) is 23.6 Å². The van der Waals surface area contributed by atoms with Crippen molar-refractivity contribution in [2.75, 3.05) is 23.3 Å². The fourth-order valence-electron chi connectivity index (χ4n) is 3.39. The highest BCUT2D eigenvalue weighted by Crippen LogP contribution is 2.35. The molecule has 8 nitrogen and oxygen atoms in total. The van der Waals surface area contributed by atoms with E-state index in [1.165, 1.54) is 41.7 Å². The van der Waals surface area contributed by atoms with Gasteiger partial charge in [-0.25, -0.2) is 13.4 Å². The fraction of sp³-hybridized carbons (Fsp3) is 0.0833. The molecule has 5 rings (SSSR count). The van der Waals surface area contributed by atoms with Crippen molar-refractivity contribution in [3.63, 3.8) is 0 Å². The van der Waals surface area contributed by atoms with Gasteiger partial charge < -0.3 is 9.47 Å². The van der Waals surface area contributed by atoms with Crippen LogP contribution in [0.15, 0.2) is 77.0 Å². The molecular formula is C24H18ClN3O5S2. The van der Waals surface area contributed by atoms with E-state index in [0.717, 1.165) is 5.56 Å². The molecule has 0 atom stereocenters. The number of sulfonamides is 1. The number of thiazole rings is 1. The van der Waals surface area contributed by atoms with Crippen molar-refractivity contribution >= 4 is 49.7 Å². The molecule has 0 aliphatic carbocycles. The molecule has 0 radical (unpaired) electrons. The Balaban J connectivity index is 1.29. The van der Waals surface area contributed by atoms with Crippen LogP contribution < -0.4 is 19.5 Å². The molecule has 0 unspecified atom stereocenters. The van der Waals surface area contributed by atoms with Gasteiger partial charge in [0.1, 0.15) is 13.2 Å². The summed E-state index contributed by atoms with van der Waals surface area (Å²) in [6.07, 6.45) is 0. The number of hydrogen-bond donors (Lipinski definition) is 2. The zero-order valence-electron chi connectivity index (χ0n) is 18.0. The molecule has 2 heterocycles. The van der Waals surface area contributed by atoms with Gasteiger partial charge in [-0.05, 0) is 60.7 Å². The quantitative estimate of drug-likeness (QED) is 0.353. The minimum Gasteiger partial charge on any atom is -0.486 e. The lowest BCUT2D eigenvalue weighted by Crippen LogP contribution is -2.15. The number of benzene rings is 3. The van der Waals surface area contributed by atoms with Gasteiger partial charge in [0.05, 0.1) is 10.6 Å². The summed E-state index contributed by atoms with van der Waals surface area (Å²) in [5, 5.41) is 5.43. The summed E-state index contributed by atoms with van der Waals surface area (Å²) in [5.74, 6) is 0.932. The molecule has 1 aliphatic heterocycles. The van der Waals surface area contributed by atoms with Crippen LogP contribution in [0.2, 0.25) is 5.02 Å². The lowest BCUT2D eigenvalue weighted by Gasteiger charge is -2.18. The smallest absolute Gasteiger partial charge is 0.261 e. The van der Waals surface area contributed by atoms with Crippen LogP contribution in [-0.2, 0) is 10.0 Å². The summed E-state index contributed by atoms with van der Waals surface area (Å²) in [7, 11) is -3.84. The van der Waals surface area contributed by atoms with Gasteiger partial charge in [-0.1, -0.05) is 17.7 Å². The number of carbonyl (C=O) groups is 1. The maximum Gasteiger partial charge on any atom is 0.261 e. The zero-order valence-corrected chi connectivity index (χ0v) is 20.4. The molecule has 178 valence electrons. The van der Waals surface area contributed by atoms with E-state index >= 15 is 0 Å². The first-order chi connectivity index (χ1) is 16.9. The molecule has 3 aromatic carbocycles. The predicted molar refractivity (Wildman–Crippen MR) is 135 cm³/mol. The molecule has 0 saturated heterocycles. The van der Waals surface area contributed by atoms with E-state index < -0.39 is 15.9 Å². The van der Waals surface area contributed by atoms with Crippen molar-refractivity contribution in [1.29, 1.82) is 0 Å². The summed E-state index contributed by atoms with van der Waals surface area (Å²) < 4.78 is 38.9. The van der Waals surface area contributed by atoms with Crippen molar-refractivity contribution in [3.8, 4) is 22.8 Å². The Labute approximate surface area is 210 Å². The number of aromatic nitrogens is 1. The van der Waals surface area contributed by atoms with Crippen LogP contribution in [0, 0.1) is 0 Å². The highest BCUT2D eigenvalue weighted by atomic mass is 35.5. The molecule has 0 bridgehead atoms. The molecule has 1 aromatic heterocycles. The molecule has 35 heavy (non-hydrogen) atoms. The number of ether oxygens (including phenoxy) is 2. The Morgan fingerprint density at radius 3 is 2.54 bits per heavy atom. The second-order valence-electron chi connectivity index (χ2n) is 7.49. The lowest BCUT2D eigenvalue weighted by molar-refractivity contribution is 0.102. The normalized spacial score (nSPS) is 12.7. The van der Waals surface area contributed by atoms with Crippen LogP contribution in [0.25, 0.3) is 11.3 Å². The van der Waals surface area contributed by atoms with Gasteiger partial charge in [-0.2, -0.15) is 0 Å². The number of anilines is 2. The van der Waals surface area contributed by atoms with Crippen molar-refractivity contribution < 1.29 is 22.7 Å². The number of amides is 1. The van der Waals surface area contributed by atoms with Crippen LogP contribution >= 0.6 is 22.9 Å². The minimum atomic E-state index is -3.84. The van der Waals surface area contributed by atoms with Crippen LogP contribution in [0.3, 0.4) is 0 Å². The maximum absolute atomic E-state index is 12.8. The van der Waals surface area contributed by atoms with Gasteiger partial charge in [0.15, 0.2) is 16.6 Å². The van der Waals surface area contributed by atoms with Gasteiger partial charge >= 0.3 is 0 Å². The number of fused-ring (bicyclic) bond motifs is 1. The number of hydrogen-bond acceptors (Lipinski definition) is 7. The van der Waals surface area contributed by atoms with Crippen molar-refractivity contribution in [1.82, 2.24) is 4.98 Å². The van der Waals surface area contributed by atoms with Gasteiger partial charge in [0.2, 0.25) is 0 Å². The molecule has 0 spiro atoms. The van der Waals surface area contributed by atoms with Crippen molar-refractivity contribution in [3.05, 3.63) is 82.7 Å². The van der Waals surface area contributed by atoms with E-state index in [1.54, 1.807) is 18.2 Å². The average molecular weight is 528 g/mol. The third-order valence-electron chi connectivity index (χ3n) is 5.06. The minimum absolute atomic E-state index is 0.0613. The van der Waals surface area contributed by atoms with E-state index in [-0.39, 0.29) is 16.1 Å². The number of halogens is 1. The number of nitrogens with zero attached hydrogens (tertiary/aromatic N) is 1. The van der Waals surface area contributed by atoms with Crippen LogP contribution in [0.4, 0.5) is 10.8 Å². The lowest BCUT2D eigenvalue weighted by atomic mass is 10.1. The topological polar surface area (TPSA) is 107 Å². The number of carbonyl (C=O) groups excluding carboxylic acids is 1. The molecule has 4 aromatic rings. The Kier molecular flexibility index (Phi) is 6.33. The first-order valence-corrected chi connectivity index (χ1v) is 13.2. The standard InChI is InChI=1S/C24H18ClN3O5S2/c25-17-5-7-19(8-6-17)35(30,31)28-18-3-1-2-16(12-18)23(29)27-24-26-20(14-34-24)15-4-9-21-22(13-15)33-11-10-32-21/h1-9,12-14,28H,10-11H2,(H,26,27,29). The Morgan fingerprint density at radius 1 is 0.971 bits per heavy atom. The largest absolute Gasteiger partial charge is 0.486 e. The number of rotatable bonds is 6. The predicted octanol–water partition coefficient (Wildman–Crippen LogP) is 5.29. The molecule has 1 amide bonds. The third kappa shape index (κ3) is 5.24. The summed E-state index contributed by atoms with van der Waals surface area (Å²) in [6, 6.07) is 17.6. The van der Waals surface area contributed by atoms with Crippen molar-refractivity contribution in [2.24, 2.45) is 0 Å². The molecule has 1 aliphatic rings. The highest BCUT2D eigenvalue weighted by molar-refractivity contribution is 7.92. The SMILES string of the molecule is O=C(Nc1nc(-c2ccc3c(c2)OCCO3)cs1)c1cccc(NS(=O)(=O)c2ccc(Cl)cc2)c1. The second kappa shape index (κ2) is 9.57. The molecular weight excluding hydrogens is 510 g/mol. The monoisotopic (exact) mass is 527 g/mol. The van der Waals surface area contributed by atoms with Gasteiger partial charge in [0, 0.05) is 27.2 Å². The Bertz CT molecular complexity index is 1500. The average Bonchev–Trinajstić information content (AvgIpc) is 3.32.